The fourth-order valence-electron chi connectivity index (χ4n) is 3.39. The molecule has 0 atom stereocenters. The second-order valence-electron chi connectivity index (χ2n) is 7.31. The number of guanidine groups is 1. The first kappa shape index (κ1) is 22.6. The van der Waals surface area contributed by atoms with Crippen molar-refractivity contribution in [3.05, 3.63) is 77.2 Å². The van der Waals surface area contributed by atoms with E-state index in [1.54, 1.807) is 17.1 Å². The summed E-state index contributed by atoms with van der Waals surface area (Å²) in [7, 11) is 0. The Balaban J connectivity index is 0.00000256. The molecule has 0 amide bonds. The van der Waals surface area contributed by atoms with Gasteiger partial charge in [0, 0.05) is 42.1 Å². The molecule has 30 heavy (non-hydrogen) atoms. The number of pyridine rings is 1. The molecule has 1 aromatic carbocycles. The normalized spacial score (nSPS) is 14.7. The maximum atomic E-state index is 6.19. The second kappa shape index (κ2) is 10.3. The van der Waals surface area contributed by atoms with Gasteiger partial charge in [-0.2, -0.15) is 5.10 Å². The van der Waals surface area contributed by atoms with Gasteiger partial charge in [-0.15, -0.1) is 24.0 Å². The summed E-state index contributed by atoms with van der Waals surface area (Å²) in [6.07, 6.45) is 7.74. The lowest BCUT2D eigenvalue weighted by atomic mass is 9.96. The van der Waals surface area contributed by atoms with Gasteiger partial charge in [-0.3, -0.25) is 0 Å². The number of hydrogen-bond acceptors (Lipinski definition) is 3. The molecular weight excluding hydrogens is 511 g/mol. The Hall–Kier alpha value is -2.13. The van der Waals surface area contributed by atoms with Gasteiger partial charge in [0.1, 0.15) is 0 Å². The standard InChI is InChI=1S/C22H25ClN6.HI/c1-2-24-21(27-16-22(8-9-22)18-5-3-6-19(23)14-18)26-15-17-7-11-25-20(13-17)29-12-4-10-28-29;/h3-7,10-14H,2,8-9,15-16H2,1H3,(H2,24,26,27);1H. The molecule has 0 radical (unpaired) electrons. The first-order valence-electron chi connectivity index (χ1n) is 9.92. The smallest absolute Gasteiger partial charge is 0.191 e. The maximum absolute atomic E-state index is 6.19. The van der Waals surface area contributed by atoms with E-state index in [1.165, 1.54) is 5.56 Å². The van der Waals surface area contributed by atoms with E-state index >= 15 is 0 Å². The summed E-state index contributed by atoms with van der Waals surface area (Å²) in [5.41, 5.74) is 2.54. The Morgan fingerprint density at radius 2 is 2.03 bits per heavy atom. The van der Waals surface area contributed by atoms with Crippen molar-refractivity contribution in [3.63, 3.8) is 0 Å². The molecule has 1 aliphatic carbocycles. The van der Waals surface area contributed by atoms with Crippen molar-refractivity contribution in [3.8, 4) is 5.82 Å². The Kier molecular flexibility index (Phi) is 7.71. The fraction of sp³-hybridized carbons (Fsp3) is 0.318. The molecule has 6 nitrogen and oxygen atoms in total. The molecular formula is C22H26ClIN6. The van der Waals surface area contributed by atoms with Crippen molar-refractivity contribution < 1.29 is 0 Å². The van der Waals surface area contributed by atoms with Gasteiger partial charge in [0.05, 0.1) is 6.54 Å². The SMILES string of the molecule is CCNC(=NCc1ccnc(-n2cccn2)c1)NCC1(c2cccc(Cl)c2)CC1.I. The van der Waals surface area contributed by atoms with Crippen LogP contribution in [0.3, 0.4) is 0 Å². The maximum Gasteiger partial charge on any atom is 0.191 e. The lowest BCUT2D eigenvalue weighted by molar-refractivity contribution is 0.646. The minimum Gasteiger partial charge on any atom is -0.357 e. The zero-order valence-corrected chi connectivity index (χ0v) is 20.0. The third-order valence-electron chi connectivity index (χ3n) is 5.20. The highest BCUT2D eigenvalue weighted by Gasteiger charge is 2.44. The van der Waals surface area contributed by atoms with Crippen molar-refractivity contribution in [2.24, 2.45) is 4.99 Å². The van der Waals surface area contributed by atoms with Gasteiger partial charge in [0.25, 0.3) is 0 Å². The Morgan fingerprint density at radius 1 is 1.17 bits per heavy atom. The van der Waals surface area contributed by atoms with Crippen LogP contribution in [0.5, 0.6) is 0 Å². The monoisotopic (exact) mass is 536 g/mol. The fourth-order valence-corrected chi connectivity index (χ4v) is 3.58. The summed E-state index contributed by atoms with van der Waals surface area (Å²) in [5.74, 6) is 1.61. The lowest BCUT2D eigenvalue weighted by Gasteiger charge is -2.19. The van der Waals surface area contributed by atoms with Crippen molar-refractivity contribution in [2.75, 3.05) is 13.1 Å². The van der Waals surface area contributed by atoms with Crippen molar-refractivity contribution in [1.29, 1.82) is 0 Å². The quantitative estimate of drug-likeness (QED) is 0.268. The lowest BCUT2D eigenvalue weighted by Crippen LogP contribution is -2.41. The second-order valence-corrected chi connectivity index (χ2v) is 7.75. The molecule has 2 N–H and O–H groups in total. The average molecular weight is 537 g/mol. The molecule has 4 rings (SSSR count). The first-order valence-corrected chi connectivity index (χ1v) is 10.3. The number of hydrogen-bond donors (Lipinski definition) is 2. The molecule has 8 heteroatoms. The van der Waals surface area contributed by atoms with E-state index in [0.717, 1.165) is 48.3 Å². The molecule has 1 saturated carbocycles. The van der Waals surface area contributed by atoms with Crippen LogP contribution in [0.2, 0.25) is 5.02 Å². The van der Waals surface area contributed by atoms with Crippen LogP contribution in [0.15, 0.2) is 66.0 Å². The van der Waals surface area contributed by atoms with Gasteiger partial charge in [0.2, 0.25) is 0 Å². The van der Waals surface area contributed by atoms with Crippen molar-refractivity contribution in [2.45, 2.75) is 31.7 Å². The number of nitrogens with zero attached hydrogens (tertiary/aromatic N) is 4. The summed E-state index contributed by atoms with van der Waals surface area (Å²) >= 11 is 6.19. The zero-order chi connectivity index (χ0) is 20.1. The van der Waals surface area contributed by atoms with Gasteiger partial charge >= 0.3 is 0 Å². The van der Waals surface area contributed by atoms with Gasteiger partial charge in [0.15, 0.2) is 11.8 Å². The van der Waals surface area contributed by atoms with E-state index in [4.69, 9.17) is 16.6 Å². The van der Waals surface area contributed by atoms with E-state index < -0.39 is 0 Å². The predicted molar refractivity (Wildman–Crippen MR) is 132 cm³/mol. The molecule has 2 heterocycles. The minimum absolute atomic E-state index is 0. The van der Waals surface area contributed by atoms with Crippen LogP contribution < -0.4 is 10.6 Å². The van der Waals surface area contributed by atoms with Gasteiger partial charge in [-0.05, 0) is 61.2 Å². The highest BCUT2D eigenvalue weighted by molar-refractivity contribution is 14.0. The van der Waals surface area contributed by atoms with Crippen molar-refractivity contribution >= 4 is 41.5 Å². The van der Waals surface area contributed by atoms with E-state index in [-0.39, 0.29) is 29.4 Å². The molecule has 0 aliphatic heterocycles. The van der Waals surface area contributed by atoms with E-state index in [0.29, 0.717) is 6.54 Å². The van der Waals surface area contributed by atoms with Gasteiger partial charge < -0.3 is 10.6 Å². The topological polar surface area (TPSA) is 67.1 Å². The first-order chi connectivity index (χ1) is 14.2. The number of aliphatic imine (C=N–C) groups is 1. The highest BCUT2D eigenvalue weighted by atomic mass is 127. The Labute approximate surface area is 199 Å². The number of benzene rings is 1. The summed E-state index contributed by atoms with van der Waals surface area (Å²) in [4.78, 5) is 9.13. The van der Waals surface area contributed by atoms with Crippen LogP contribution in [0.1, 0.15) is 30.9 Å². The van der Waals surface area contributed by atoms with E-state index in [2.05, 4.69) is 39.8 Å². The predicted octanol–water partition coefficient (Wildman–Crippen LogP) is 4.33. The van der Waals surface area contributed by atoms with Crippen LogP contribution in [0.4, 0.5) is 0 Å². The summed E-state index contributed by atoms with van der Waals surface area (Å²) < 4.78 is 1.75. The van der Waals surface area contributed by atoms with Crippen molar-refractivity contribution in [1.82, 2.24) is 25.4 Å². The third-order valence-corrected chi connectivity index (χ3v) is 5.43. The largest absolute Gasteiger partial charge is 0.357 e. The van der Waals surface area contributed by atoms with Gasteiger partial charge in [-0.1, -0.05) is 23.7 Å². The Bertz CT molecular complexity index is 985. The summed E-state index contributed by atoms with van der Waals surface area (Å²) in [6.45, 7) is 4.29. The van der Waals surface area contributed by atoms with Crippen LogP contribution in [0, 0.1) is 0 Å². The van der Waals surface area contributed by atoms with Gasteiger partial charge in [-0.25, -0.2) is 14.7 Å². The number of nitrogens with one attached hydrogen (secondary N) is 2. The number of aromatic nitrogens is 3. The Morgan fingerprint density at radius 3 is 2.73 bits per heavy atom. The molecule has 3 aromatic rings. The molecule has 158 valence electrons. The summed E-state index contributed by atoms with van der Waals surface area (Å²) in [6, 6.07) is 14.1. The molecule has 1 aliphatic rings. The summed E-state index contributed by atoms with van der Waals surface area (Å²) in [5, 5.41) is 11.9. The van der Waals surface area contributed by atoms with E-state index in [9.17, 15) is 0 Å². The molecule has 0 bridgehead atoms. The third kappa shape index (κ3) is 5.51. The number of halogens is 2. The van der Waals surface area contributed by atoms with Crippen LogP contribution in [-0.4, -0.2) is 33.8 Å². The zero-order valence-electron chi connectivity index (χ0n) is 16.9. The highest BCUT2D eigenvalue weighted by Crippen LogP contribution is 2.48. The van der Waals surface area contributed by atoms with Crippen LogP contribution >= 0.6 is 35.6 Å². The molecule has 0 saturated heterocycles. The molecule has 2 aromatic heterocycles. The molecule has 0 spiro atoms. The molecule has 0 unspecified atom stereocenters. The van der Waals surface area contributed by atoms with Crippen LogP contribution in [-0.2, 0) is 12.0 Å². The van der Waals surface area contributed by atoms with Crippen LogP contribution in [0.25, 0.3) is 5.82 Å². The van der Waals surface area contributed by atoms with E-state index in [1.807, 2.05) is 36.5 Å². The number of rotatable bonds is 7. The average Bonchev–Trinajstić information content (AvgIpc) is 3.33. The molecule has 1 fully saturated rings. The minimum atomic E-state index is 0.